The van der Waals surface area contributed by atoms with Crippen LogP contribution in [0.4, 0.5) is 0 Å². The van der Waals surface area contributed by atoms with Crippen molar-refractivity contribution in [1.29, 1.82) is 0 Å². The Labute approximate surface area is 56.9 Å². The standard InChI is InChI=1S/C5H7NO2S/c1-4-6-5(2-8-7)3-9-4/h3,7H,2H2,1H3. The van der Waals surface area contributed by atoms with Crippen LogP contribution in [0.15, 0.2) is 5.38 Å². The molecule has 0 fully saturated rings. The lowest BCUT2D eigenvalue weighted by Gasteiger charge is -1.86. The Morgan fingerprint density at radius 2 is 2.67 bits per heavy atom. The van der Waals surface area contributed by atoms with Gasteiger partial charge in [0.05, 0.1) is 10.7 Å². The van der Waals surface area contributed by atoms with E-state index in [9.17, 15) is 0 Å². The van der Waals surface area contributed by atoms with Gasteiger partial charge in [-0.1, -0.05) is 0 Å². The highest BCUT2D eigenvalue weighted by Gasteiger charge is 1.95. The number of rotatable bonds is 2. The fraction of sp³-hybridized carbons (Fsp3) is 0.400. The van der Waals surface area contributed by atoms with Crippen molar-refractivity contribution in [2.24, 2.45) is 0 Å². The number of nitrogens with zero attached hydrogens (tertiary/aromatic N) is 1. The van der Waals surface area contributed by atoms with Gasteiger partial charge in [-0.2, -0.15) is 0 Å². The second-order valence-corrected chi connectivity index (χ2v) is 2.69. The Morgan fingerprint density at radius 3 is 3.11 bits per heavy atom. The van der Waals surface area contributed by atoms with E-state index in [1.807, 2.05) is 12.3 Å². The fourth-order valence-corrected chi connectivity index (χ4v) is 1.14. The Balaban J connectivity index is 2.61. The molecule has 1 rings (SSSR count). The van der Waals surface area contributed by atoms with Crippen molar-refractivity contribution in [3.05, 3.63) is 16.1 Å². The topological polar surface area (TPSA) is 42.4 Å². The summed E-state index contributed by atoms with van der Waals surface area (Å²) in [5, 5.41) is 10.8. The Kier molecular flexibility index (Phi) is 2.16. The third kappa shape index (κ3) is 1.74. The first-order valence-corrected chi connectivity index (χ1v) is 3.38. The molecule has 0 spiro atoms. The highest BCUT2D eigenvalue weighted by Crippen LogP contribution is 2.07. The Hall–Kier alpha value is -0.450. The third-order valence-corrected chi connectivity index (χ3v) is 1.70. The van der Waals surface area contributed by atoms with E-state index in [2.05, 4.69) is 9.87 Å². The molecule has 3 nitrogen and oxygen atoms in total. The van der Waals surface area contributed by atoms with Crippen LogP contribution in [0.1, 0.15) is 10.7 Å². The Bertz CT molecular complexity index is 187. The number of aromatic nitrogens is 1. The van der Waals surface area contributed by atoms with Crippen molar-refractivity contribution in [1.82, 2.24) is 4.98 Å². The van der Waals surface area contributed by atoms with Gasteiger partial charge in [-0.05, 0) is 6.92 Å². The zero-order valence-corrected chi connectivity index (χ0v) is 5.81. The van der Waals surface area contributed by atoms with Gasteiger partial charge in [0.2, 0.25) is 0 Å². The lowest BCUT2D eigenvalue weighted by Crippen LogP contribution is -1.86. The highest BCUT2D eigenvalue weighted by molar-refractivity contribution is 7.09. The van der Waals surface area contributed by atoms with Crippen LogP contribution in [0.5, 0.6) is 0 Å². The summed E-state index contributed by atoms with van der Waals surface area (Å²) < 4.78 is 0. The van der Waals surface area contributed by atoms with Crippen molar-refractivity contribution in [3.63, 3.8) is 0 Å². The van der Waals surface area contributed by atoms with E-state index in [1.165, 1.54) is 0 Å². The smallest absolute Gasteiger partial charge is 0.125 e. The van der Waals surface area contributed by atoms with Gasteiger partial charge in [0.1, 0.15) is 6.61 Å². The molecule has 0 aliphatic heterocycles. The van der Waals surface area contributed by atoms with Crippen molar-refractivity contribution in [2.45, 2.75) is 13.5 Å². The number of hydrogen-bond acceptors (Lipinski definition) is 4. The molecule has 9 heavy (non-hydrogen) atoms. The molecule has 0 amide bonds. The van der Waals surface area contributed by atoms with Gasteiger partial charge in [0.15, 0.2) is 0 Å². The van der Waals surface area contributed by atoms with E-state index in [0.717, 1.165) is 10.7 Å². The minimum Gasteiger partial charge on any atom is -0.251 e. The second-order valence-electron chi connectivity index (χ2n) is 1.63. The van der Waals surface area contributed by atoms with E-state index in [4.69, 9.17) is 5.26 Å². The molecule has 1 heterocycles. The van der Waals surface area contributed by atoms with E-state index >= 15 is 0 Å². The van der Waals surface area contributed by atoms with Gasteiger partial charge < -0.3 is 0 Å². The lowest BCUT2D eigenvalue weighted by atomic mass is 10.5. The van der Waals surface area contributed by atoms with Crippen LogP contribution in [0.3, 0.4) is 0 Å². The summed E-state index contributed by atoms with van der Waals surface area (Å²) in [5.74, 6) is 0. The minimum absolute atomic E-state index is 0.185. The molecule has 0 bridgehead atoms. The molecule has 0 aliphatic rings. The average molecular weight is 145 g/mol. The summed E-state index contributed by atoms with van der Waals surface area (Å²) in [6.07, 6.45) is 0. The molecule has 0 radical (unpaired) electrons. The van der Waals surface area contributed by atoms with Gasteiger partial charge >= 0.3 is 0 Å². The molecule has 1 aromatic rings. The first-order valence-electron chi connectivity index (χ1n) is 2.50. The lowest BCUT2D eigenvalue weighted by molar-refractivity contribution is -0.253. The maximum atomic E-state index is 7.99. The average Bonchev–Trinajstić information content (AvgIpc) is 2.17. The summed E-state index contributed by atoms with van der Waals surface area (Å²) in [4.78, 5) is 7.92. The summed E-state index contributed by atoms with van der Waals surface area (Å²) >= 11 is 1.54. The zero-order chi connectivity index (χ0) is 6.69. The first-order chi connectivity index (χ1) is 4.33. The monoisotopic (exact) mass is 145 g/mol. The minimum atomic E-state index is 0.185. The largest absolute Gasteiger partial charge is 0.251 e. The van der Waals surface area contributed by atoms with Gasteiger partial charge in [-0.15, -0.1) is 11.3 Å². The van der Waals surface area contributed by atoms with E-state index in [0.29, 0.717) is 0 Å². The number of hydrogen-bond donors (Lipinski definition) is 1. The second kappa shape index (κ2) is 2.91. The quantitative estimate of drug-likeness (QED) is 0.505. The summed E-state index contributed by atoms with van der Waals surface area (Å²) in [6, 6.07) is 0. The molecule has 0 aromatic carbocycles. The van der Waals surface area contributed by atoms with Crippen molar-refractivity contribution in [2.75, 3.05) is 0 Å². The molecule has 0 aliphatic carbocycles. The van der Waals surface area contributed by atoms with Gasteiger partial charge in [0.25, 0.3) is 0 Å². The van der Waals surface area contributed by atoms with E-state index in [-0.39, 0.29) is 6.61 Å². The summed E-state index contributed by atoms with van der Waals surface area (Å²) in [5.41, 5.74) is 0.778. The Morgan fingerprint density at radius 1 is 1.89 bits per heavy atom. The van der Waals surface area contributed by atoms with E-state index < -0.39 is 0 Å². The number of thiazole rings is 1. The van der Waals surface area contributed by atoms with Crippen LogP contribution in [-0.2, 0) is 11.5 Å². The molecular weight excluding hydrogens is 138 g/mol. The van der Waals surface area contributed by atoms with Crippen LogP contribution < -0.4 is 0 Å². The molecular formula is C5H7NO2S. The zero-order valence-electron chi connectivity index (χ0n) is 5.00. The SMILES string of the molecule is Cc1nc(COO)cs1. The molecule has 1 N–H and O–H groups in total. The van der Waals surface area contributed by atoms with Crippen LogP contribution >= 0.6 is 11.3 Å². The van der Waals surface area contributed by atoms with Gasteiger partial charge in [0, 0.05) is 5.38 Å². The maximum Gasteiger partial charge on any atom is 0.125 e. The maximum absolute atomic E-state index is 7.99. The van der Waals surface area contributed by atoms with Crippen LogP contribution in [0.25, 0.3) is 0 Å². The molecule has 0 saturated heterocycles. The van der Waals surface area contributed by atoms with E-state index in [1.54, 1.807) is 11.3 Å². The molecule has 1 aromatic heterocycles. The summed E-state index contributed by atoms with van der Waals surface area (Å²) in [6.45, 7) is 2.09. The molecule has 0 unspecified atom stereocenters. The predicted octanol–water partition coefficient (Wildman–Crippen LogP) is 1.44. The van der Waals surface area contributed by atoms with Crippen molar-refractivity contribution >= 4 is 11.3 Å². The van der Waals surface area contributed by atoms with Crippen molar-refractivity contribution < 1.29 is 10.1 Å². The third-order valence-electron chi connectivity index (χ3n) is 0.879. The highest BCUT2D eigenvalue weighted by atomic mass is 32.1. The number of aryl methyl sites for hydroxylation is 1. The van der Waals surface area contributed by atoms with Crippen LogP contribution in [0, 0.1) is 6.92 Å². The molecule has 50 valence electrons. The van der Waals surface area contributed by atoms with Crippen LogP contribution in [0.2, 0.25) is 0 Å². The normalized spacial score (nSPS) is 10.0. The first kappa shape index (κ1) is 6.67. The van der Waals surface area contributed by atoms with Crippen molar-refractivity contribution in [3.8, 4) is 0 Å². The molecule has 0 saturated carbocycles. The predicted molar refractivity (Wildman–Crippen MR) is 34.3 cm³/mol. The fourth-order valence-electron chi connectivity index (χ4n) is 0.541. The van der Waals surface area contributed by atoms with Gasteiger partial charge in [-0.3, -0.25) is 5.26 Å². The summed E-state index contributed by atoms with van der Waals surface area (Å²) in [7, 11) is 0. The van der Waals surface area contributed by atoms with Crippen LogP contribution in [-0.4, -0.2) is 10.2 Å². The van der Waals surface area contributed by atoms with Gasteiger partial charge in [-0.25, -0.2) is 9.87 Å². The molecule has 4 heteroatoms. The molecule has 0 atom stereocenters.